The van der Waals surface area contributed by atoms with E-state index in [1.54, 1.807) is 30.1 Å². The third kappa shape index (κ3) is 4.28. The summed E-state index contributed by atoms with van der Waals surface area (Å²) in [4.78, 5) is 14.6. The van der Waals surface area contributed by atoms with Gasteiger partial charge >= 0.3 is 0 Å². The predicted octanol–water partition coefficient (Wildman–Crippen LogP) is 3.13. The quantitative estimate of drug-likeness (QED) is 0.763. The molecule has 3 rings (SSSR count). The van der Waals surface area contributed by atoms with E-state index >= 15 is 0 Å². The lowest BCUT2D eigenvalue weighted by molar-refractivity contribution is 0.0784. The van der Waals surface area contributed by atoms with Crippen molar-refractivity contribution in [3.05, 3.63) is 46.8 Å². The largest absolute Gasteiger partial charge is 0.361 e. The molecule has 0 atom stereocenters. The normalized spacial score (nSPS) is 16.0. The number of carbonyl (C=O) groups excluding carboxylic acids is 1. The Morgan fingerprint density at radius 2 is 1.86 bits per heavy atom. The van der Waals surface area contributed by atoms with Crippen LogP contribution in [0, 0.1) is 13.8 Å². The first-order valence-electron chi connectivity index (χ1n) is 9.58. The summed E-state index contributed by atoms with van der Waals surface area (Å²) in [7, 11) is -1.91. The number of carbonyl (C=O) groups is 1. The number of aromatic nitrogens is 1. The summed E-state index contributed by atoms with van der Waals surface area (Å²) in [6.45, 7) is 5.06. The minimum atomic E-state index is -3.59. The molecule has 0 spiro atoms. The summed E-state index contributed by atoms with van der Waals surface area (Å²) in [5.74, 6) is 0.433. The van der Waals surface area contributed by atoms with Crippen molar-refractivity contribution in [1.29, 1.82) is 0 Å². The number of aryl methyl sites for hydroxylation is 2. The summed E-state index contributed by atoms with van der Waals surface area (Å²) in [5.41, 5.74) is 1.96. The van der Waals surface area contributed by atoms with Gasteiger partial charge in [-0.1, -0.05) is 24.1 Å². The van der Waals surface area contributed by atoms with E-state index in [1.165, 1.54) is 10.4 Å². The third-order valence-corrected chi connectivity index (χ3v) is 7.10. The second-order valence-corrected chi connectivity index (χ2v) is 9.25. The van der Waals surface area contributed by atoms with Gasteiger partial charge in [-0.3, -0.25) is 4.79 Å². The Morgan fingerprint density at radius 1 is 1.18 bits per heavy atom. The fourth-order valence-corrected chi connectivity index (χ4v) is 5.04. The molecule has 152 valence electrons. The van der Waals surface area contributed by atoms with Crippen LogP contribution in [0.4, 0.5) is 0 Å². The zero-order chi connectivity index (χ0) is 20.3. The molecule has 0 unspecified atom stereocenters. The van der Waals surface area contributed by atoms with Gasteiger partial charge in [0.25, 0.3) is 5.91 Å². The highest BCUT2D eigenvalue weighted by Crippen LogP contribution is 2.22. The van der Waals surface area contributed by atoms with E-state index < -0.39 is 10.0 Å². The van der Waals surface area contributed by atoms with E-state index in [4.69, 9.17) is 4.52 Å². The molecule has 1 amide bonds. The van der Waals surface area contributed by atoms with E-state index in [0.29, 0.717) is 31.0 Å². The highest BCUT2D eigenvalue weighted by molar-refractivity contribution is 7.89. The first-order valence-corrected chi connectivity index (χ1v) is 11.0. The summed E-state index contributed by atoms with van der Waals surface area (Å²) in [5, 5.41) is 3.91. The van der Waals surface area contributed by atoms with Gasteiger partial charge in [0, 0.05) is 31.3 Å². The van der Waals surface area contributed by atoms with Gasteiger partial charge in [0.1, 0.15) is 5.76 Å². The molecule has 0 saturated carbocycles. The van der Waals surface area contributed by atoms with Crippen LogP contribution in [-0.2, 0) is 16.6 Å². The van der Waals surface area contributed by atoms with Crippen LogP contribution in [0.5, 0.6) is 0 Å². The van der Waals surface area contributed by atoms with Crippen molar-refractivity contribution in [3.63, 3.8) is 0 Å². The number of nitrogens with zero attached hydrogens (tertiary/aromatic N) is 3. The Kier molecular flexibility index (Phi) is 6.20. The fourth-order valence-electron chi connectivity index (χ4n) is 3.48. The van der Waals surface area contributed by atoms with Crippen LogP contribution in [0.15, 0.2) is 33.7 Å². The maximum absolute atomic E-state index is 13.0. The lowest BCUT2D eigenvalue weighted by Gasteiger charge is -2.21. The molecule has 1 aromatic carbocycles. The monoisotopic (exact) mass is 405 g/mol. The number of amides is 1. The van der Waals surface area contributed by atoms with Gasteiger partial charge in [0.15, 0.2) is 0 Å². The second-order valence-electron chi connectivity index (χ2n) is 7.31. The highest BCUT2D eigenvalue weighted by Gasteiger charge is 2.26. The van der Waals surface area contributed by atoms with Crippen LogP contribution >= 0.6 is 0 Å². The third-order valence-electron chi connectivity index (χ3n) is 5.21. The van der Waals surface area contributed by atoms with Gasteiger partial charge in [-0.25, -0.2) is 8.42 Å². The van der Waals surface area contributed by atoms with Crippen LogP contribution in [0.2, 0.25) is 0 Å². The molecule has 1 saturated heterocycles. The van der Waals surface area contributed by atoms with Crippen molar-refractivity contribution in [2.45, 2.75) is 51.0 Å². The first-order chi connectivity index (χ1) is 13.3. The highest BCUT2D eigenvalue weighted by atomic mass is 32.2. The lowest BCUT2D eigenvalue weighted by atomic mass is 10.1. The second kappa shape index (κ2) is 8.45. The molecule has 1 aromatic heterocycles. The molecule has 8 heteroatoms. The van der Waals surface area contributed by atoms with Gasteiger partial charge in [-0.05, 0) is 44.9 Å². The molecule has 1 aliphatic rings. The molecule has 1 aliphatic heterocycles. The Balaban J connectivity index is 1.81. The molecule has 0 bridgehead atoms. The van der Waals surface area contributed by atoms with Crippen LogP contribution in [0.1, 0.15) is 53.1 Å². The van der Waals surface area contributed by atoms with Crippen molar-refractivity contribution in [1.82, 2.24) is 14.4 Å². The summed E-state index contributed by atoms with van der Waals surface area (Å²) in [6, 6.07) is 6.31. The van der Waals surface area contributed by atoms with Crippen LogP contribution < -0.4 is 0 Å². The number of benzene rings is 1. The number of rotatable bonds is 5. The molecule has 0 aliphatic carbocycles. The van der Waals surface area contributed by atoms with Crippen molar-refractivity contribution in [2.75, 3.05) is 20.1 Å². The van der Waals surface area contributed by atoms with E-state index in [0.717, 1.165) is 36.9 Å². The molecule has 1 fully saturated rings. The van der Waals surface area contributed by atoms with Crippen molar-refractivity contribution in [2.24, 2.45) is 0 Å². The van der Waals surface area contributed by atoms with Crippen molar-refractivity contribution >= 4 is 15.9 Å². The van der Waals surface area contributed by atoms with Crippen LogP contribution in [-0.4, -0.2) is 48.8 Å². The maximum Gasteiger partial charge on any atom is 0.253 e. The zero-order valence-electron chi connectivity index (χ0n) is 16.6. The molecular formula is C20H27N3O4S. The molecule has 0 radical (unpaired) electrons. The van der Waals surface area contributed by atoms with Crippen LogP contribution in [0.3, 0.4) is 0 Å². The number of hydrogen-bond donors (Lipinski definition) is 0. The average Bonchev–Trinajstić information content (AvgIpc) is 2.90. The molecule has 7 nitrogen and oxygen atoms in total. The Hall–Kier alpha value is -2.19. The van der Waals surface area contributed by atoms with E-state index in [9.17, 15) is 13.2 Å². The van der Waals surface area contributed by atoms with Gasteiger partial charge in [-0.15, -0.1) is 0 Å². The molecule has 0 N–H and O–H groups in total. The molecule has 28 heavy (non-hydrogen) atoms. The molecular weight excluding hydrogens is 378 g/mol. The molecule has 2 heterocycles. The van der Waals surface area contributed by atoms with Crippen molar-refractivity contribution in [3.8, 4) is 0 Å². The maximum atomic E-state index is 13.0. The average molecular weight is 406 g/mol. The fraction of sp³-hybridized carbons (Fsp3) is 0.500. The van der Waals surface area contributed by atoms with E-state index in [-0.39, 0.29) is 10.8 Å². The Labute approximate surface area is 166 Å². The van der Waals surface area contributed by atoms with Gasteiger partial charge in [-0.2, -0.15) is 4.31 Å². The SMILES string of the molecule is Cc1noc(C)c1CN(C)C(=O)c1cccc(S(=O)(=O)N2CCCCCC2)c1. The summed E-state index contributed by atoms with van der Waals surface area (Å²) in [6.07, 6.45) is 3.85. The standard InChI is InChI=1S/C20H27N3O4S/c1-15-19(16(2)27-21-15)14-22(3)20(24)17-9-8-10-18(13-17)28(25,26)23-11-6-4-5-7-12-23/h8-10,13H,4-7,11-12,14H2,1-3H3. The minimum absolute atomic E-state index is 0.172. The lowest BCUT2D eigenvalue weighted by Crippen LogP contribution is -2.32. The van der Waals surface area contributed by atoms with E-state index in [1.807, 2.05) is 13.8 Å². The number of sulfonamides is 1. The van der Waals surface area contributed by atoms with Gasteiger partial charge in [0.05, 0.1) is 17.1 Å². The van der Waals surface area contributed by atoms with E-state index in [2.05, 4.69) is 5.16 Å². The number of hydrogen-bond acceptors (Lipinski definition) is 5. The summed E-state index contributed by atoms with van der Waals surface area (Å²) < 4.78 is 32.7. The Bertz CT molecular complexity index is 925. The Morgan fingerprint density at radius 3 is 2.46 bits per heavy atom. The minimum Gasteiger partial charge on any atom is -0.361 e. The predicted molar refractivity (Wildman–Crippen MR) is 105 cm³/mol. The van der Waals surface area contributed by atoms with Gasteiger partial charge < -0.3 is 9.42 Å². The molecule has 2 aromatic rings. The summed E-state index contributed by atoms with van der Waals surface area (Å²) >= 11 is 0. The first kappa shape index (κ1) is 20.5. The smallest absolute Gasteiger partial charge is 0.253 e. The van der Waals surface area contributed by atoms with Crippen molar-refractivity contribution < 1.29 is 17.7 Å². The zero-order valence-corrected chi connectivity index (χ0v) is 17.5. The van der Waals surface area contributed by atoms with Gasteiger partial charge in [0.2, 0.25) is 10.0 Å². The van der Waals surface area contributed by atoms with Crippen LogP contribution in [0.25, 0.3) is 0 Å². The topological polar surface area (TPSA) is 83.7 Å².